The van der Waals surface area contributed by atoms with Gasteiger partial charge in [-0.05, 0) is 35.7 Å². The van der Waals surface area contributed by atoms with Crippen molar-refractivity contribution in [3.63, 3.8) is 0 Å². The number of aromatic amines is 1. The molecule has 0 aliphatic carbocycles. The van der Waals surface area contributed by atoms with Crippen molar-refractivity contribution >= 4 is 22.6 Å². The van der Waals surface area contributed by atoms with Crippen LogP contribution in [0.2, 0.25) is 0 Å². The number of hydrogen-bond donors (Lipinski definition) is 2. The number of benzene rings is 2. The number of rotatable bonds is 7. The summed E-state index contributed by atoms with van der Waals surface area (Å²) in [6, 6.07) is 22.0. The van der Waals surface area contributed by atoms with Crippen LogP contribution in [0.15, 0.2) is 79.1 Å². The van der Waals surface area contributed by atoms with E-state index in [1.165, 1.54) is 16.5 Å². The summed E-state index contributed by atoms with van der Waals surface area (Å²) < 4.78 is 0. The average molecular weight is 384 g/mol. The van der Waals surface area contributed by atoms with Crippen molar-refractivity contribution in [2.24, 2.45) is 0 Å². The number of hydrogen-bond acceptors (Lipinski definition) is 3. The lowest BCUT2D eigenvalue weighted by Crippen LogP contribution is -2.26. The van der Waals surface area contributed by atoms with Crippen LogP contribution in [-0.4, -0.2) is 29.5 Å². The molecule has 0 atom stereocenters. The van der Waals surface area contributed by atoms with Crippen molar-refractivity contribution in [2.75, 3.05) is 18.5 Å². The number of nitrogens with zero attached hydrogens (tertiary/aromatic N) is 2. The summed E-state index contributed by atoms with van der Waals surface area (Å²) in [6.07, 6.45) is 4.48. The number of anilines is 1. The van der Waals surface area contributed by atoms with Gasteiger partial charge >= 0.3 is 0 Å². The van der Waals surface area contributed by atoms with E-state index in [1.807, 2.05) is 54.5 Å². The zero-order valence-electron chi connectivity index (χ0n) is 16.4. The molecular formula is C24H24N4O. The summed E-state index contributed by atoms with van der Waals surface area (Å²) >= 11 is 0. The first-order valence-electron chi connectivity index (χ1n) is 9.75. The molecule has 0 fully saturated rings. The van der Waals surface area contributed by atoms with Crippen molar-refractivity contribution in [3.05, 3.63) is 95.8 Å². The fraction of sp³-hybridized carbons (Fsp3) is 0.167. The van der Waals surface area contributed by atoms with Gasteiger partial charge in [0.05, 0.1) is 0 Å². The Balaban J connectivity index is 1.37. The molecule has 2 aromatic carbocycles. The van der Waals surface area contributed by atoms with Crippen LogP contribution in [0.1, 0.15) is 21.5 Å². The van der Waals surface area contributed by atoms with Crippen LogP contribution in [0.25, 0.3) is 10.9 Å². The fourth-order valence-electron chi connectivity index (χ4n) is 3.46. The molecule has 0 aliphatic heterocycles. The van der Waals surface area contributed by atoms with Crippen molar-refractivity contribution < 1.29 is 4.79 Å². The van der Waals surface area contributed by atoms with Gasteiger partial charge in [0.1, 0.15) is 5.82 Å². The zero-order valence-corrected chi connectivity index (χ0v) is 16.4. The second-order valence-corrected chi connectivity index (χ2v) is 7.11. The Morgan fingerprint density at radius 1 is 1.07 bits per heavy atom. The monoisotopic (exact) mass is 384 g/mol. The predicted molar refractivity (Wildman–Crippen MR) is 117 cm³/mol. The minimum absolute atomic E-state index is 0.0818. The first kappa shape index (κ1) is 18.7. The van der Waals surface area contributed by atoms with Crippen molar-refractivity contribution in [3.8, 4) is 0 Å². The Morgan fingerprint density at radius 3 is 2.72 bits per heavy atom. The SMILES string of the molecule is CN(Cc1ccccc1)c1cc(C(=O)NCCc2c[nH]c3ccccc23)ccn1. The van der Waals surface area contributed by atoms with E-state index in [2.05, 4.69) is 39.6 Å². The summed E-state index contributed by atoms with van der Waals surface area (Å²) in [5.74, 6) is 0.694. The Hall–Kier alpha value is -3.60. The van der Waals surface area contributed by atoms with E-state index in [0.717, 1.165) is 24.3 Å². The maximum Gasteiger partial charge on any atom is 0.251 e. The van der Waals surface area contributed by atoms with Crippen LogP contribution in [0.5, 0.6) is 0 Å². The highest BCUT2D eigenvalue weighted by atomic mass is 16.1. The Bertz CT molecular complexity index is 1100. The number of carbonyl (C=O) groups excluding carboxylic acids is 1. The molecule has 4 aromatic rings. The molecule has 0 bridgehead atoms. The number of aromatic nitrogens is 2. The van der Waals surface area contributed by atoms with E-state index in [9.17, 15) is 4.79 Å². The standard InChI is InChI=1S/C24H24N4O/c1-28(17-18-7-3-2-4-8-18)23-15-19(11-13-25-23)24(29)26-14-12-20-16-27-22-10-6-5-9-21(20)22/h2-11,13,15-16,27H,12,14,17H2,1H3,(H,26,29). The average Bonchev–Trinajstić information content (AvgIpc) is 3.18. The third-order valence-corrected chi connectivity index (χ3v) is 5.02. The van der Waals surface area contributed by atoms with Crippen molar-refractivity contribution in [1.82, 2.24) is 15.3 Å². The van der Waals surface area contributed by atoms with Crippen LogP contribution < -0.4 is 10.2 Å². The molecule has 146 valence electrons. The van der Waals surface area contributed by atoms with Gasteiger partial charge in [0.2, 0.25) is 0 Å². The Kier molecular flexibility index (Phi) is 5.56. The Morgan fingerprint density at radius 2 is 1.86 bits per heavy atom. The smallest absolute Gasteiger partial charge is 0.251 e. The van der Waals surface area contributed by atoms with Gasteiger partial charge in [-0.1, -0.05) is 48.5 Å². The molecule has 5 nitrogen and oxygen atoms in total. The van der Waals surface area contributed by atoms with Gasteiger partial charge < -0.3 is 15.2 Å². The van der Waals surface area contributed by atoms with Crippen LogP contribution in [0, 0.1) is 0 Å². The van der Waals surface area contributed by atoms with E-state index < -0.39 is 0 Å². The molecule has 4 rings (SSSR count). The second kappa shape index (κ2) is 8.61. The van der Waals surface area contributed by atoms with Crippen LogP contribution >= 0.6 is 0 Å². The molecule has 0 saturated heterocycles. The minimum atomic E-state index is -0.0818. The number of nitrogens with one attached hydrogen (secondary N) is 2. The molecule has 2 N–H and O–H groups in total. The first-order valence-corrected chi connectivity index (χ1v) is 9.75. The number of carbonyl (C=O) groups is 1. The molecule has 5 heteroatoms. The van der Waals surface area contributed by atoms with Crippen molar-refractivity contribution in [2.45, 2.75) is 13.0 Å². The van der Waals surface area contributed by atoms with Gasteiger partial charge in [-0.15, -0.1) is 0 Å². The molecule has 2 aromatic heterocycles. The van der Waals surface area contributed by atoms with E-state index in [0.29, 0.717) is 12.1 Å². The Labute approximate surface area is 170 Å². The number of para-hydroxylation sites is 1. The maximum atomic E-state index is 12.6. The number of amides is 1. The fourth-order valence-corrected chi connectivity index (χ4v) is 3.46. The largest absolute Gasteiger partial charge is 0.361 e. The molecule has 1 amide bonds. The van der Waals surface area contributed by atoms with Gasteiger partial charge in [-0.25, -0.2) is 4.98 Å². The summed E-state index contributed by atoms with van der Waals surface area (Å²) in [6.45, 7) is 1.32. The highest BCUT2D eigenvalue weighted by Crippen LogP contribution is 2.18. The number of pyridine rings is 1. The molecule has 2 heterocycles. The van der Waals surface area contributed by atoms with E-state index >= 15 is 0 Å². The van der Waals surface area contributed by atoms with Gasteiger partial charge in [-0.2, -0.15) is 0 Å². The van der Waals surface area contributed by atoms with Crippen LogP contribution in [-0.2, 0) is 13.0 Å². The molecule has 29 heavy (non-hydrogen) atoms. The van der Waals surface area contributed by atoms with E-state index in [1.54, 1.807) is 12.3 Å². The number of H-pyrrole nitrogens is 1. The lowest BCUT2D eigenvalue weighted by Gasteiger charge is -2.18. The molecule has 0 radical (unpaired) electrons. The summed E-state index contributed by atoms with van der Waals surface area (Å²) in [5, 5.41) is 4.22. The van der Waals surface area contributed by atoms with Gasteiger partial charge in [0.25, 0.3) is 5.91 Å². The van der Waals surface area contributed by atoms with Crippen LogP contribution in [0.4, 0.5) is 5.82 Å². The quantitative estimate of drug-likeness (QED) is 0.503. The summed E-state index contributed by atoms with van der Waals surface area (Å²) in [5.41, 5.74) is 4.15. The molecular weight excluding hydrogens is 360 g/mol. The van der Waals surface area contributed by atoms with Crippen LogP contribution in [0.3, 0.4) is 0 Å². The minimum Gasteiger partial charge on any atom is -0.361 e. The highest BCUT2D eigenvalue weighted by Gasteiger charge is 2.10. The summed E-state index contributed by atoms with van der Waals surface area (Å²) in [4.78, 5) is 22.3. The van der Waals surface area contributed by atoms with Gasteiger partial charge in [0.15, 0.2) is 0 Å². The number of fused-ring (bicyclic) bond motifs is 1. The van der Waals surface area contributed by atoms with Gasteiger partial charge in [-0.3, -0.25) is 4.79 Å². The third kappa shape index (κ3) is 4.46. The molecule has 0 saturated carbocycles. The van der Waals surface area contributed by atoms with E-state index in [-0.39, 0.29) is 5.91 Å². The van der Waals surface area contributed by atoms with E-state index in [4.69, 9.17) is 0 Å². The predicted octanol–water partition coefficient (Wildman–Crippen LogP) is 4.17. The third-order valence-electron chi connectivity index (χ3n) is 5.02. The molecule has 0 aliphatic rings. The lowest BCUT2D eigenvalue weighted by atomic mass is 10.1. The topological polar surface area (TPSA) is 61.0 Å². The lowest BCUT2D eigenvalue weighted by molar-refractivity contribution is 0.0954. The zero-order chi connectivity index (χ0) is 20.1. The molecule has 0 unspecified atom stereocenters. The summed E-state index contributed by atoms with van der Waals surface area (Å²) in [7, 11) is 1.98. The first-order chi connectivity index (χ1) is 14.2. The normalized spacial score (nSPS) is 10.8. The maximum absolute atomic E-state index is 12.6. The second-order valence-electron chi connectivity index (χ2n) is 7.11. The molecule has 0 spiro atoms. The van der Waals surface area contributed by atoms with Gasteiger partial charge in [0, 0.05) is 49.0 Å². The van der Waals surface area contributed by atoms with Crippen molar-refractivity contribution in [1.29, 1.82) is 0 Å². The highest BCUT2D eigenvalue weighted by molar-refractivity contribution is 5.94.